The molecule has 130 valence electrons. The third-order valence-corrected chi connectivity index (χ3v) is 6.67. The Morgan fingerprint density at radius 2 is 1.76 bits per heavy atom. The van der Waals surface area contributed by atoms with Crippen molar-refractivity contribution in [3.63, 3.8) is 0 Å². The van der Waals surface area contributed by atoms with E-state index in [0.717, 1.165) is 22.8 Å². The number of ether oxygens (including phenoxy) is 1. The number of rotatable bonds is 6. The Kier molecular flexibility index (Phi) is 5.88. The van der Waals surface area contributed by atoms with E-state index < -0.39 is 5.91 Å². The van der Waals surface area contributed by atoms with Crippen LogP contribution in [0.25, 0.3) is 0 Å². The van der Waals surface area contributed by atoms with Gasteiger partial charge in [-0.2, -0.15) is 0 Å². The van der Waals surface area contributed by atoms with Crippen molar-refractivity contribution in [1.29, 1.82) is 0 Å². The average molecular weight is 374 g/mol. The number of anilines is 1. The minimum Gasteiger partial charge on any atom is -0.483 e. The summed E-state index contributed by atoms with van der Waals surface area (Å²) in [6, 6.07) is 14.3. The Bertz CT molecular complexity index is 759. The normalized spacial score (nSPS) is 14.2. The van der Waals surface area contributed by atoms with Crippen LogP contribution in [0.4, 0.5) is 5.69 Å². The Morgan fingerprint density at radius 3 is 2.44 bits per heavy atom. The van der Waals surface area contributed by atoms with Crippen molar-refractivity contribution in [2.75, 3.05) is 23.4 Å². The summed E-state index contributed by atoms with van der Waals surface area (Å²) in [6.45, 7) is -0.0728. The van der Waals surface area contributed by atoms with Crippen LogP contribution in [0.1, 0.15) is 20.5 Å². The quantitative estimate of drug-likeness (QED) is 0.811. The van der Waals surface area contributed by atoms with E-state index in [1.54, 1.807) is 24.3 Å². The van der Waals surface area contributed by atoms with Gasteiger partial charge < -0.3 is 15.8 Å². The average Bonchev–Trinajstić information content (AvgIpc) is 3.15. The van der Waals surface area contributed by atoms with E-state index in [4.69, 9.17) is 10.5 Å². The Labute approximate surface area is 154 Å². The summed E-state index contributed by atoms with van der Waals surface area (Å²) < 4.78 is 6.09. The van der Waals surface area contributed by atoms with E-state index >= 15 is 0 Å². The third kappa shape index (κ3) is 4.70. The van der Waals surface area contributed by atoms with Crippen LogP contribution in [0.2, 0.25) is 0 Å². The molecule has 2 aromatic carbocycles. The number of para-hydroxylation sites is 1. The summed E-state index contributed by atoms with van der Waals surface area (Å²) in [5.74, 6) is 2.25. The second kappa shape index (κ2) is 8.31. The lowest BCUT2D eigenvalue weighted by molar-refractivity contribution is -0.118. The lowest BCUT2D eigenvalue weighted by Crippen LogP contribution is -2.20. The maximum Gasteiger partial charge on any atom is 0.262 e. The topological polar surface area (TPSA) is 81.4 Å². The van der Waals surface area contributed by atoms with E-state index in [1.807, 2.05) is 47.8 Å². The van der Waals surface area contributed by atoms with Gasteiger partial charge in [0.15, 0.2) is 6.61 Å². The van der Waals surface area contributed by atoms with Crippen LogP contribution in [0.3, 0.4) is 0 Å². The molecule has 2 aromatic rings. The molecule has 2 amide bonds. The molecule has 0 saturated carbocycles. The lowest BCUT2D eigenvalue weighted by atomic mass is 10.2. The van der Waals surface area contributed by atoms with Gasteiger partial charge in [0.25, 0.3) is 5.91 Å². The first-order valence-electron chi connectivity index (χ1n) is 7.78. The predicted molar refractivity (Wildman–Crippen MR) is 103 cm³/mol. The summed E-state index contributed by atoms with van der Waals surface area (Å²) in [7, 11) is 0. The maximum atomic E-state index is 12.1. The summed E-state index contributed by atoms with van der Waals surface area (Å²) in [5.41, 5.74) is 7.30. The highest BCUT2D eigenvalue weighted by atomic mass is 32.2. The molecule has 7 heteroatoms. The van der Waals surface area contributed by atoms with Crippen LogP contribution in [0, 0.1) is 0 Å². The maximum absolute atomic E-state index is 12.1. The fraction of sp³-hybridized carbons (Fsp3) is 0.222. The summed E-state index contributed by atoms with van der Waals surface area (Å²) in [6.07, 6.45) is 0. The highest BCUT2D eigenvalue weighted by Gasteiger charge is 2.21. The van der Waals surface area contributed by atoms with E-state index in [9.17, 15) is 9.59 Å². The van der Waals surface area contributed by atoms with Crippen molar-refractivity contribution in [1.82, 2.24) is 0 Å². The molecule has 0 atom stereocenters. The number of carbonyl (C=O) groups excluding carboxylic acids is 2. The van der Waals surface area contributed by atoms with Gasteiger partial charge in [0.1, 0.15) is 5.75 Å². The molecule has 5 nitrogen and oxygen atoms in total. The molecule has 3 rings (SSSR count). The molecule has 0 unspecified atom stereocenters. The predicted octanol–water partition coefficient (Wildman–Crippen LogP) is 3.28. The highest BCUT2D eigenvalue weighted by molar-refractivity contribution is 8.19. The van der Waals surface area contributed by atoms with Crippen LogP contribution in [-0.4, -0.2) is 29.9 Å². The zero-order chi connectivity index (χ0) is 17.6. The molecule has 0 aliphatic carbocycles. The van der Waals surface area contributed by atoms with Gasteiger partial charge in [0, 0.05) is 28.3 Å². The second-order valence-corrected chi connectivity index (χ2v) is 8.11. The van der Waals surface area contributed by atoms with Gasteiger partial charge in [-0.25, -0.2) is 0 Å². The zero-order valence-electron chi connectivity index (χ0n) is 13.4. The van der Waals surface area contributed by atoms with Gasteiger partial charge in [-0.1, -0.05) is 18.2 Å². The van der Waals surface area contributed by atoms with E-state index in [0.29, 0.717) is 15.8 Å². The number of primary amides is 1. The fourth-order valence-corrected chi connectivity index (χ4v) is 5.31. The molecule has 0 radical (unpaired) electrons. The number of nitrogens with one attached hydrogen (secondary N) is 1. The minimum absolute atomic E-state index is 0.0728. The number of nitrogens with two attached hydrogens (primary N) is 1. The van der Waals surface area contributed by atoms with Gasteiger partial charge in [-0.3, -0.25) is 9.59 Å². The van der Waals surface area contributed by atoms with Crippen molar-refractivity contribution >= 4 is 41.0 Å². The fourth-order valence-electron chi connectivity index (χ4n) is 2.40. The van der Waals surface area contributed by atoms with Crippen molar-refractivity contribution in [3.05, 3.63) is 59.7 Å². The highest BCUT2D eigenvalue weighted by Crippen LogP contribution is 2.48. The van der Waals surface area contributed by atoms with Gasteiger partial charge in [-0.05, 0) is 30.3 Å². The largest absolute Gasteiger partial charge is 0.483 e. The smallest absolute Gasteiger partial charge is 0.262 e. The van der Waals surface area contributed by atoms with Crippen LogP contribution in [0.15, 0.2) is 48.5 Å². The molecule has 0 spiro atoms. The molecule has 1 saturated heterocycles. The molecular formula is C18H18N2O3S2. The van der Waals surface area contributed by atoms with Crippen LogP contribution < -0.4 is 15.8 Å². The second-order valence-electron chi connectivity index (χ2n) is 5.39. The van der Waals surface area contributed by atoms with E-state index in [2.05, 4.69) is 5.32 Å². The summed E-state index contributed by atoms with van der Waals surface area (Å²) in [5, 5.41) is 2.74. The van der Waals surface area contributed by atoms with Crippen LogP contribution >= 0.6 is 23.5 Å². The third-order valence-electron chi connectivity index (χ3n) is 3.61. The SMILES string of the molecule is NC(=O)c1ccc(NC(=O)COc2ccccc2C2SCCS2)cc1. The van der Waals surface area contributed by atoms with E-state index in [-0.39, 0.29) is 12.5 Å². The van der Waals surface area contributed by atoms with Crippen LogP contribution in [0.5, 0.6) is 5.75 Å². The molecule has 1 heterocycles. The monoisotopic (exact) mass is 374 g/mol. The number of carbonyl (C=O) groups is 2. The number of hydrogen-bond acceptors (Lipinski definition) is 5. The molecule has 3 N–H and O–H groups in total. The molecule has 0 aromatic heterocycles. The van der Waals surface area contributed by atoms with Crippen molar-refractivity contribution in [3.8, 4) is 5.75 Å². The Balaban J connectivity index is 1.58. The standard InChI is InChI=1S/C18H18N2O3S2/c19-17(22)12-5-7-13(8-6-12)20-16(21)11-23-15-4-2-1-3-14(15)18-24-9-10-25-18/h1-8,18H,9-11H2,(H2,19,22)(H,20,21). The van der Waals surface area contributed by atoms with Crippen molar-refractivity contribution < 1.29 is 14.3 Å². The number of thioether (sulfide) groups is 2. The Morgan fingerprint density at radius 1 is 1.08 bits per heavy atom. The first-order chi connectivity index (χ1) is 12.1. The number of benzene rings is 2. The van der Waals surface area contributed by atoms with Gasteiger partial charge in [-0.15, -0.1) is 23.5 Å². The van der Waals surface area contributed by atoms with Gasteiger partial charge >= 0.3 is 0 Å². The van der Waals surface area contributed by atoms with E-state index in [1.165, 1.54) is 0 Å². The lowest BCUT2D eigenvalue weighted by Gasteiger charge is -2.15. The zero-order valence-corrected chi connectivity index (χ0v) is 15.1. The minimum atomic E-state index is -0.500. The molecule has 1 fully saturated rings. The number of hydrogen-bond donors (Lipinski definition) is 2. The first kappa shape index (κ1) is 17.7. The molecule has 0 bridgehead atoms. The Hall–Kier alpha value is -2.12. The number of amides is 2. The van der Waals surface area contributed by atoms with Gasteiger partial charge in [0.05, 0.1) is 4.58 Å². The van der Waals surface area contributed by atoms with Gasteiger partial charge in [0.2, 0.25) is 5.91 Å². The van der Waals surface area contributed by atoms with Crippen molar-refractivity contribution in [2.45, 2.75) is 4.58 Å². The molecule has 1 aliphatic rings. The van der Waals surface area contributed by atoms with Crippen LogP contribution in [-0.2, 0) is 4.79 Å². The van der Waals surface area contributed by atoms with Crippen molar-refractivity contribution in [2.24, 2.45) is 5.73 Å². The molecular weight excluding hydrogens is 356 g/mol. The molecule has 25 heavy (non-hydrogen) atoms. The summed E-state index contributed by atoms with van der Waals surface area (Å²) >= 11 is 3.79. The molecule has 1 aliphatic heterocycles. The summed E-state index contributed by atoms with van der Waals surface area (Å²) in [4.78, 5) is 23.1. The first-order valence-corrected chi connectivity index (χ1v) is 9.88.